The highest BCUT2D eigenvalue weighted by Crippen LogP contribution is 2.24. The third-order valence-electron chi connectivity index (χ3n) is 1.67. The van der Waals surface area contributed by atoms with Crippen LogP contribution in [0.2, 0.25) is 0 Å². The highest BCUT2D eigenvalue weighted by molar-refractivity contribution is 14.1. The van der Waals surface area contributed by atoms with E-state index in [-0.39, 0.29) is 0 Å². The maximum atomic E-state index is 10.9. The molecule has 0 aliphatic heterocycles. The molecule has 2 N–H and O–H groups in total. The van der Waals surface area contributed by atoms with Crippen LogP contribution >= 0.6 is 22.6 Å². The minimum atomic E-state index is -0.536. The summed E-state index contributed by atoms with van der Waals surface area (Å²) in [6.45, 7) is 0. The van der Waals surface area contributed by atoms with Gasteiger partial charge in [0.15, 0.2) is 0 Å². The Morgan fingerprint density at radius 3 is 2.71 bits per heavy atom. The minimum Gasteiger partial charge on any atom is -0.495 e. The molecular formula is C9H7IN2O2. The molecule has 5 heteroatoms. The van der Waals surface area contributed by atoms with E-state index < -0.39 is 5.91 Å². The van der Waals surface area contributed by atoms with Crippen LogP contribution in [-0.2, 0) is 0 Å². The molecular weight excluding hydrogens is 295 g/mol. The molecule has 0 bridgehead atoms. The van der Waals surface area contributed by atoms with E-state index in [1.165, 1.54) is 13.2 Å². The van der Waals surface area contributed by atoms with Crippen LogP contribution in [0.25, 0.3) is 0 Å². The highest BCUT2D eigenvalue weighted by atomic mass is 127. The van der Waals surface area contributed by atoms with E-state index in [1.807, 2.05) is 28.7 Å². The molecule has 14 heavy (non-hydrogen) atoms. The first kappa shape index (κ1) is 10.8. The molecule has 0 aliphatic rings. The van der Waals surface area contributed by atoms with Crippen LogP contribution in [0, 0.1) is 14.9 Å². The maximum absolute atomic E-state index is 10.9. The number of carbonyl (C=O) groups is 1. The zero-order valence-corrected chi connectivity index (χ0v) is 9.53. The van der Waals surface area contributed by atoms with Crippen molar-refractivity contribution in [2.24, 2.45) is 5.73 Å². The van der Waals surface area contributed by atoms with Crippen LogP contribution in [0.3, 0.4) is 0 Å². The minimum absolute atomic E-state index is 0.338. The molecule has 0 radical (unpaired) electrons. The Morgan fingerprint density at radius 2 is 2.29 bits per heavy atom. The predicted octanol–water partition coefficient (Wildman–Crippen LogP) is 1.27. The fourth-order valence-electron chi connectivity index (χ4n) is 0.993. The summed E-state index contributed by atoms with van der Waals surface area (Å²) in [5, 5.41) is 8.81. The number of nitriles is 1. The lowest BCUT2D eigenvalue weighted by molar-refractivity contribution is 0.1000. The van der Waals surface area contributed by atoms with Gasteiger partial charge < -0.3 is 10.5 Å². The number of ether oxygens (including phenoxy) is 1. The van der Waals surface area contributed by atoms with E-state index in [9.17, 15) is 4.79 Å². The molecule has 1 aromatic rings. The zero-order valence-electron chi connectivity index (χ0n) is 7.37. The smallest absolute Gasteiger partial charge is 0.248 e. The summed E-state index contributed by atoms with van der Waals surface area (Å²) >= 11 is 1.96. The molecule has 1 amide bonds. The number of nitrogens with two attached hydrogens (primary N) is 1. The predicted molar refractivity (Wildman–Crippen MR) is 58.9 cm³/mol. The molecule has 1 aromatic carbocycles. The molecule has 0 saturated heterocycles. The Labute approximate surface area is 94.8 Å². The Morgan fingerprint density at radius 1 is 1.64 bits per heavy atom. The van der Waals surface area contributed by atoms with E-state index in [0.717, 1.165) is 0 Å². The van der Waals surface area contributed by atoms with Gasteiger partial charge in [0.25, 0.3) is 0 Å². The number of nitrogens with zero attached hydrogens (tertiary/aromatic N) is 1. The first-order valence-corrected chi connectivity index (χ1v) is 4.75. The van der Waals surface area contributed by atoms with Crippen molar-refractivity contribution in [2.75, 3.05) is 7.11 Å². The van der Waals surface area contributed by atoms with Gasteiger partial charge >= 0.3 is 0 Å². The van der Waals surface area contributed by atoms with Crippen molar-refractivity contribution >= 4 is 28.5 Å². The Balaban J connectivity index is 3.40. The molecule has 0 saturated carbocycles. The van der Waals surface area contributed by atoms with E-state index in [2.05, 4.69) is 0 Å². The standard InChI is InChI=1S/C9H7IN2O2/c1-14-8-3-5(9(12)13)2-7(10)6(8)4-11/h2-3H,1H3,(H2,12,13). The zero-order chi connectivity index (χ0) is 10.7. The summed E-state index contributed by atoms with van der Waals surface area (Å²) in [5.41, 5.74) is 5.87. The quantitative estimate of drug-likeness (QED) is 0.836. The van der Waals surface area contributed by atoms with Crippen molar-refractivity contribution in [2.45, 2.75) is 0 Å². The van der Waals surface area contributed by atoms with E-state index in [1.54, 1.807) is 6.07 Å². The summed E-state index contributed by atoms with van der Waals surface area (Å²) in [4.78, 5) is 10.9. The number of rotatable bonds is 2. The summed E-state index contributed by atoms with van der Waals surface area (Å²) in [6, 6.07) is 5.02. The van der Waals surface area contributed by atoms with Crippen LogP contribution in [0.5, 0.6) is 5.75 Å². The van der Waals surface area contributed by atoms with Crippen molar-refractivity contribution in [1.82, 2.24) is 0 Å². The molecule has 1 rings (SSSR count). The van der Waals surface area contributed by atoms with Crippen LogP contribution in [0.15, 0.2) is 12.1 Å². The summed E-state index contributed by atoms with van der Waals surface area (Å²) in [6.07, 6.45) is 0. The number of amides is 1. The van der Waals surface area contributed by atoms with Gasteiger partial charge in [-0.15, -0.1) is 0 Å². The van der Waals surface area contributed by atoms with Gasteiger partial charge in [0.2, 0.25) is 5.91 Å². The second kappa shape index (κ2) is 4.28. The van der Waals surface area contributed by atoms with Gasteiger partial charge in [0, 0.05) is 9.13 Å². The molecule has 0 fully saturated rings. The number of primary amides is 1. The van der Waals surface area contributed by atoms with Gasteiger partial charge in [0.05, 0.1) is 7.11 Å². The number of halogens is 1. The number of carbonyl (C=O) groups excluding carboxylic acids is 1. The van der Waals surface area contributed by atoms with Crippen LogP contribution in [0.4, 0.5) is 0 Å². The lowest BCUT2D eigenvalue weighted by Crippen LogP contribution is -2.11. The lowest BCUT2D eigenvalue weighted by atomic mass is 10.1. The average molecular weight is 302 g/mol. The maximum Gasteiger partial charge on any atom is 0.248 e. The van der Waals surface area contributed by atoms with Gasteiger partial charge in [-0.05, 0) is 34.7 Å². The third-order valence-corrected chi connectivity index (χ3v) is 2.52. The number of hydrogen-bond donors (Lipinski definition) is 1. The molecule has 0 heterocycles. The van der Waals surface area contributed by atoms with Crippen molar-refractivity contribution in [1.29, 1.82) is 5.26 Å². The molecule has 0 spiro atoms. The van der Waals surface area contributed by atoms with E-state index in [4.69, 9.17) is 15.7 Å². The van der Waals surface area contributed by atoms with Gasteiger partial charge in [-0.2, -0.15) is 5.26 Å². The Hall–Kier alpha value is -1.29. The van der Waals surface area contributed by atoms with Gasteiger partial charge in [-0.1, -0.05) is 0 Å². The molecule has 72 valence electrons. The largest absolute Gasteiger partial charge is 0.495 e. The van der Waals surface area contributed by atoms with E-state index in [0.29, 0.717) is 20.4 Å². The van der Waals surface area contributed by atoms with E-state index >= 15 is 0 Å². The van der Waals surface area contributed by atoms with Gasteiger partial charge in [-0.25, -0.2) is 0 Å². The topological polar surface area (TPSA) is 76.1 Å². The molecule has 0 atom stereocenters. The second-order valence-electron chi connectivity index (χ2n) is 2.51. The van der Waals surface area contributed by atoms with Crippen molar-refractivity contribution in [3.8, 4) is 11.8 Å². The van der Waals surface area contributed by atoms with Crippen LogP contribution < -0.4 is 10.5 Å². The van der Waals surface area contributed by atoms with Gasteiger partial charge in [0.1, 0.15) is 17.4 Å². The number of hydrogen-bond acceptors (Lipinski definition) is 3. The molecule has 4 nitrogen and oxygen atoms in total. The molecule has 0 aliphatic carbocycles. The number of methoxy groups -OCH3 is 1. The molecule has 0 unspecified atom stereocenters. The van der Waals surface area contributed by atoms with Gasteiger partial charge in [-0.3, -0.25) is 4.79 Å². The fraction of sp³-hybridized carbons (Fsp3) is 0.111. The molecule has 0 aromatic heterocycles. The lowest BCUT2D eigenvalue weighted by Gasteiger charge is -2.06. The van der Waals surface area contributed by atoms with Crippen LogP contribution in [0.1, 0.15) is 15.9 Å². The normalized spacial score (nSPS) is 9.21. The highest BCUT2D eigenvalue weighted by Gasteiger charge is 2.11. The summed E-state index contributed by atoms with van der Waals surface area (Å²) < 4.78 is 5.62. The average Bonchev–Trinajstić information content (AvgIpc) is 2.16. The fourth-order valence-corrected chi connectivity index (χ4v) is 1.72. The van der Waals surface area contributed by atoms with Crippen LogP contribution in [-0.4, -0.2) is 13.0 Å². The van der Waals surface area contributed by atoms with Crippen molar-refractivity contribution < 1.29 is 9.53 Å². The third kappa shape index (κ3) is 1.96. The SMILES string of the molecule is COc1cc(C(N)=O)cc(I)c1C#N. The summed E-state index contributed by atoms with van der Waals surface area (Å²) in [7, 11) is 1.44. The first-order chi connectivity index (χ1) is 6.60. The number of benzene rings is 1. The Kier molecular flexibility index (Phi) is 3.30. The monoisotopic (exact) mass is 302 g/mol. The van der Waals surface area contributed by atoms with Crippen molar-refractivity contribution in [3.63, 3.8) is 0 Å². The first-order valence-electron chi connectivity index (χ1n) is 3.67. The summed E-state index contributed by atoms with van der Waals surface area (Å²) in [5.74, 6) is -0.168. The van der Waals surface area contributed by atoms with Crippen molar-refractivity contribution in [3.05, 3.63) is 26.8 Å². The Bertz CT molecular complexity index is 424. The second-order valence-corrected chi connectivity index (χ2v) is 3.67.